The summed E-state index contributed by atoms with van der Waals surface area (Å²) in [5, 5.41) is 0. The molecule has 0 aromatic heterocycles. The van der Waals surface area contributed by atoms with E-state index in [4.69, 9.17) is 4.18 Å². The molecule has 0 aromatic carbocycles. The first kappa shape index (κ1) is 11.9. The van der Waals surface area contributed by atoms with Gasteiger partial charge in [-0.15, -0.1) is 0 Å². The molecule has 0 aliphatic heterocycles. The Bertz CT molecular complexity index is 196. The number of hydrogen-bond donors (Lipinski definition) is 0. The highest BCUT2D eigenvalue weighted by Gasteiger charge is 2.09. The summed E-state index contributed by atoms with van der Waals surface area (Å²) in [5.41, 5.74) is 0. The minimum atomic E-state index is -3.25. The summed E-state index contributed by atoms with van der Waals surface area (Å²) in [7, 11) is -3.25. The molecule has 0 aliphatic carbocycles. The maximum atomic E-state index is 10.6. The molecule has 0 fully saturated rings. The summed E-state index contributed by atoms with van der Waals surface area (Å²) < 4.78 is 26.0. The Kier molecular flexibility index (Phi) is 5.50. The predicted octanol–water partition coefficient (Wildman–Crippen LogP) is 1.79. The molecule has 0 rings (SSSR count). The van der Waals surface area contributed by atoms with Gasteiger partial charge in [-0.3, -0.25) is 4.18 Å². The van der Waals surface area contributed by atoms with E-state index in [9.17, 15) is 8.42 Å². The average Bonchev–Trinajstić information content (AvgIpc) is 1.96. The highest BCUT2D eigenvalue weighted by Crippen LogP contribution is 2.11. The van der Waals surface area contributed by atoms with Crippen LogP contribution in [0, 0.1) is 5.92 Å². The molecule has 4 heteroatoms. The molecule has 0 radical (unpaired) electrons. The number of hydrogen-bond acceptors (Lipinski definition) is 3. The smallest absolute Gasteiger partial charge is 0.264 e. The van der Waals surface area contributed by atoms with Crippen LogP contribution in [-0.4, -0.2) is 21.3 Å². The van der Waals surface area contributed by atoms with Gasteiger partial charge in [0.15, 0.2) is 0 Å². The molecule has 0 N–H and O–H groups in total. The SMILES string of the molecule is CCC[C@H](CC)COS(C)(=O)=O. The van der Waals surface area contributed by atoms with Crippen LogP contribution in [0.1, 0.15) is 33.1 Å². The predicted molar refractivity (Wildman–Crippen MR) is 49.5 cm³/mol. The fourth-order valence-corrected chi connectivity index (χ4v) is 1.47. The third-order valence-corrected chi connectivity index (χ3v) is 2.36. The van der Waals surface area contributed by atoms with Gasteiger partial charge in [-0.05, 0) is 12.3 Å². The first-order chi connectivity index (χ1) is 5.49. The first-order valence-electron chi connectivity index (χ1n) is 4.34. The Morgan fingerprint density at radius 3 is 2.25 bits per heavy atom. The van der Waals surface area contributed by atoms with Crippen LogP contribution in [0.4, 0.5) is 0 Å². The Labute approximate surface area is 75.2 Å². The molecule has 74 valence electrons. The fourth-order valence-electron chi connectivity index (χ4n) is 1.03. The molecule has 0 unspecified atom stereocenters. The van der Waals surface area contributed by atoms with Crippen LogP contribution in [0.25, 0.3) is 0 Å². The van der Waals surface area contributed by atoms with E-state index < -0.39 is 10.1 Å². The van der Waals surface area contributed by atoms with E-state index >= 15 is 0 Å². The fraction of sp³-hybridized carbons (Fsp3) is 1.00. The molecule has 0 saturated heterocycles. The molecule has 3 nitrogen and oxygen atoms in total. The second-order valence-corrected chi connectivity index (χ2v) is 4.70. The van der Waals surface area contributed by atoms with Crippen LogP contribution in [0.2, 0.25) is 0 Å². The summed E-state index contributed by atoms with van der Waals surface area (Å²) in [4.78, 5) is 0. The lowest BCUT2D eigenvalue weighted by Gasteiger charge is -2.12. The molecule has 12 heavy (non-hydrogen) atoms. The van der Waals surface area contributed by atoms with Gasteiger partial charge in [0.1, 0.15) is 0 Å². The second-order valence-electron chi connectivity index (χ2n) is 3.05. The van der Waals surface area contributed by atoms with Crippen LogP contribution in [0.15, 0.2) is 0 Å². The van der Waals surface area contributed by atoms with Crippen molar-refractivity contribution >= 4 is 10.1 Å². The summed E-state index contributed by atoms with van der Waals surface area (Å²) in [6.45, 7) is 4.47. The van der Waals surface area contributed by atoms with E-state index in [1.807, 2.05) is 6.92 Å². The standard InChI is InChI=1S/C8H18O3S/c1-4-6-8(5-2)7-11-12(3,9)10/h8H,4-7H2,1-3H3/t8-/m0/s1. The van der Waals surface area contributed by atoms with E-state index in [-0.39, 0.29) is 0 Å². The van der Waals surface area contributed by atoms with Crippen LogP contribution in [-0.2, 0) is 14.3 Å². The Morgan fingerprint density at radius 2 is 1.92 bits per heavy atom. The highest BCUT2D eigenvalue weighted by atomic mass is 32.2. The lowest BCUT2D eigenvalue weighted by atomic mass is 10.0. The van der Waals surface area contributed by atoms with Gasteiger partial charge in [-0.1, -0.05) is 26.7 Å². The summed E-state index contributed by atoms with van der Waals surface area (Å²) >= 11 is 0. The normalized spacial score (nSPS) is 14.6. The average molecular weight is 194 g/mol. The summed E-state index contributed by atoms with van der Waals surface area (Å²) in [5.74, 6) is 0.379. The Hall–Kier alpha value is -0.0900. The van der Waals surface area contributed by atoms with Crippen molar-refractivity contribution in [1.29, 1.82) is 0 Å². The molecular weight excluding hydrogens is 176 g/mol. The molecule has 0 amide bonds. The highest BCUT2D eigenvalue weighted by molar-refractivity contribution is 7.85. The topological polar surface area (TPSA) is 43.4 Å². The van der Waals surface area contributed by atoms with Gasteiger partial charge in [0.25, 0.3) is 10.1 Å². The Morgan fingerprint density at radius 1 is 1.33 bits per heavy atom. The largest absolute Gasteiger partial charge is 0.270 e. The van der Waals surface area contributed by atoms with Gasteiger partial charge in [-0.2, -0.15) is 8.42 Å². The third-order valence-electron chi connectivity index (χ3n) is 1.79. The van der Waals surface area contributed by atoms with Gasteiger partial charge in [-0.25, -0.2) is 0 Å². The molecule has 0 aliphatic rings. The molecule has 0 heterocycles. The Balaban J connectivity index is 3.73. The van der Waals surface area contributed by atoms with Crippen molar-refractivity contribution in [1.82, 2.24) is 0 Å². The summed E-state index contributed by atoms with van der Waals surface area (Å²) in [6, 6.07) is 0. The van der Waals surface area contributed by atoms with Crippen molar-refractivity contribution in [2.75, 3.05) is 12.9 Å². The lowest BCUT2D eigenvalue weighted by Crippen LogP contribution is -2.12. The van der Waals surface area contributed by atoms with Crippen LogP contribution < -0.4 is 0 Å². The third kappa shape index (κ3) is 6.61. The zero-order valence-electron chi connectivity index (χ0n) is 8.04. The van der Waals surface area contributed by atoms with Crippen LogP contribution in [0.3, 0.4) is 0 Å². The maximum Gasteiger partial charge on any atom is 0.264 e. The molecule has 0 saturated carbocycles. The van der Waals surface area contributed by atoms with Crippen molar-refractivity contribution in [3.8, 4) is 0 Å². The van der Waals surface area contributed by atoms with Crippen LogP contribution in [0.5, 0.6) is 0 Å². The molecule has 0 bridgehead atoms. The summed E-state index contributed by atoms with van der Waals surface area (Å²) in [6.07, 6.45) is 4.17. The van der Waals surface area contributed by atoms with Crippen molar-refractivity contribution in [2.24, 2.45) is 5.92 Å². The van der Waals surface area contributed by atoms with Gasteiger partial charge in [0, 0.05) is 0 Å². The van der Waals surface area contributed by atoms with Gasteiger partial charge in [0.2, 0.25) is 0 Å². The van der Waals surface area contributed by atoms with Crippen LogP contribution >= 0.6 is 0 Å². The van der Waals surface area contributed by atoms with E-state index in [0.717, 1.165) is 25.5 Å². The molecule has 0 aromatic rings. The molecule has 1 atom stereocenters. The van der Waals surface area contributed by atoms with E-state index in [1.54, 1.807) is 0 Å². The second kappa shape index (κ2) is 5.54. The monoisotopic (exact) mass is 194 g/mol. The first-order valence-corrected chi connectivity index (χ1v) is 6.15. The zero-order chi connectivity index (χ0) is 9.61. The number of rotatable bonds is 6. The van der Waals surface area contributed by atoms with E-state index in [0.29, 0.717) is 12.5 Å². The quantitative estimate of drug-likeness (QED) is 0.605. The molecule has 0 spiro atoms. The van der Waals surface area contributed by atoms with Crippen molar-refractivity contribution in [3.63, 3.8) is 0 Å². The minimum absolute atomic E-state index is 0.336. The van der Waals surface area contributed by atoms with Gasteiger partial charge < -0.3 is 0 Å². The molecular formula is C8H18O3S. The zero-order valence-corrected chi connectivity index (χ0v) is 8.86. The maximum absolute atomic E-state index is 10.6. The van der Waals surface area contributed by atoms with Crippen molar-refractivity contribution in [2.45, 2.75) is 33.1 Å². The van der Waals surface area contributed by atoms with E-state index in [1.165, 1.54) is 0 Å². The van der Waals surface area contributed by atoms with Crippen molar-refractivity contribution in [3.05, 3.63) is 0 Å². The van der Waals surface area contributed by atoms with Gasteiger partial charge in [0.05, 0.1) is 12.9 Å². The van der Waals surface area contributed by atoms with Crippen molar-refractivity contribution < 1.29 is 12.6 Å². The van der Waals surface area contributed by atoms with E-state index in [2.05, 4.69) is 6.92 Å². The lowest BCUT2D eigenvalue weighted by molar-refractivity contribution is 0.242. The minimum Gasteiger partial charge on any atom is -0.270 e. The van der Waals surface area contributed by atoms with Gasteiger partial charge >= 0.3 is 0 Å².